The zero-order chi connectivity index (χ0) is 14.6. The highest BCUT2D eigenvalue weighted by Crippen LogP contribution is 2.41. The van der Waals surface area contributed by atoms with Gasteiger partial charge in [0.15, 0.2) is 10.8 Å². The van der Waals surface area contributed by atoms with Gasteiger partial charge in [-0.3, -0.25) is 4.40 Å². The molecule has 0 radical (unpaired) electrons. The minimum atomic E-state index is -0.0871. The highest BCUT2D eigenvalue weighted by molar-refractivity contribution is 7.98. The second-order valence-corrected chi connectivity index (χ2v) is 7.43. The molecule has 4 rings (SSSR count). The van der Waals surface area contributed by atoms with Gasteiger partial charge in [0, 0.05) is 11.3 Å². The lowest BCUT2D eigenvalue weighted by atomic mass is 9.90. The second kappa shape index (κ2) is 4.66. The Morgan fingerprint density at radius 1 is 1.52 bits per heavy atom. The minimum Gasteiger partial charge on any atom is -0.369 e. The van der Waals surface area contributed by atoms with Crippen molar-refractivity contribution >= 4 is 39.0 Å². The number of hydrogen-bond donors (Lipinski definition) is 0. The van der Waals surface area contributed by atoms with E-state index in [1.54, 1.807) is 29.4 Å². The van der Waals surface area contributed by atoms with Crippen molar-refractivity contribution in [1.29, 1.82) is 0 Å². The van der Waals surface area contributed by atoms with Gasteiger partial charge in [-0.05, 0) is 25.2 Å². The van der Waals surface area contributed by atoms with Gasteiger partial charge < -0.3 is 4.74 Å². The molecule has 1 atom stereocenters. The molecule has 0 spiro atoms. The second-order valence-electron chi connectivity index (χ2n) is 5.58. The monoisotopic (exact) mass is 320 g/mol. The molecule has 0 saturated carbocycles. The van der Waals surface area contributed by atoms with Crippen molar-refractivity contribution in [2.45, 2.75) is 44.1 Å². The summed E-state index contributed by atoms with van der Waals surface area (Å²) in [7, 11) is 0. The number of nitrogens with zero attached hydrogens (tertiary/aromatic N) is 4. The lowest BCUT2D eigenvalue weighted by Gasteiger charge is -2.32. The molecule has 3 aromatic rings. The molecule has 7 heteroatoms. The molecule has 3 aromatic heterocycles. The summed E-state index contributed by atoms with van der Waals surface area (Å²) in [6.07, 6.45) is 5.69. The molecule has 21 heavy (non-hydrogen) atoms. The van der Waals surface area contributed by atoms with Gasteiger partial charge in [-0.15, -0.1) is 21.5 Å². The summed E-state index contributed by atoms with van der Waals surface area (Å²) in [5.41, 5.74) is 2.18. The van der Waals surface area contributed by atoms with E-state index in [0.29, 0.717) is 6.61 Å². The highest BCUT2D eigenvalue weighted by atomic mass is 32.2. The topological polar surface area (TPSA) is 52.3 Å². The molecule has 5 nitrogen and oxygen atoms in total. The Balaban J connectivity index is 2.04. The summed E-state index contributed by atoms with van der Waals surface area (Å²) >= 11 is 3.34. The van der Waals surface area contributed by atoms with Gasteiger partial charge in [0.2, 0.25) is 0 Å². The molecule has 0 unspecified atom stereocenters. The van der Waals surface area contributed by atoms with Crippen molar-refractivity contribution in [2.24, 2.45) is 0 Å². The van der Waals surface area contributed by atoms with Crippen LogP contribution in [0.4, 0.5) is 0 Å². The number of thiophene rings is 1. The van der Waals surface area contributed by atoms with Crippen LogP contribution in [-0.2, 0) is 17.8 Å². The van der Waals surface area contributed by atoms with Gasteiger partial charge in [-0.2, -0.15) is 0 Å². The average Bonchev–Trinajstić information content (AvgIpc) is 3.09. The van der Waals surface area contributed by atoms with E-state index < -0.39 is 0 Å². The number of aromatic nitrogens is 4. The molecule has 0 fully saturated rings. The summed E-state index contributed by atoms with van der Waals surface area (Å²) in [5, 5.41) is 10.5. The summed E-state index contributed by atoms with van der Waals surface area (Å²) in [4.78, 5) is 7.12. The fourth-order valence-corrected chi connectivity index (χ4v) is 4.50. The smallest absolute Gasteiger partial charge is 0.176 e. The van der Waals surface area contributed by atoms with Crippen molar-refractivity contribution in [3.8, 4) is 0 Å². The first-order valence-corrected chi connectivity index (χ1v) is 9.01. The maximum absolute atomic E-state index is 6.06. The van der Waals surface area contributed by atoms with Crippen LogP contribution in [0.1, 0.15) is 30.7 Å². The Morgan fingerprint density at radius 2 is 2.38 bits per heavy atom. The maximum atomic E-state index is 6.06. The van der Waals surface area contributed by atoms with Crippen LogP contribution in [0.15, 0.2) is 11.5 Å². The third kappa shape index (κ3) is 1.91. The summed E-state index contributed by atoms with van der Waals surface area (Å²) in [6.45, 7) is 5.04. The van der Waals surface area contributed by atoms with E-state index in [1.807, 2.05) is 10.7 Å². The largest absolute Gasteiger partial charge is 0.369 e. The molecule has 0 saturated heterocycles. The predicted octanol–water partition coefficient (Wildman–Crippen LogP) is 3.30. The molecule has 1 aliphatic rings. The number of thioether (sulfide) groups is 1. The Hall–Kier alpha value is -1.18. The van der Waals surface area contributed by atoms with E-state index in [2.05, 4.69) is 24.0 Å². The van der Waals surface area contributed by atoms with E-state index in [1.165, 1.54) is 10.4 Å². The lowest BCUT2D eigenvalue weighted by Crippen LogP contribution is -2.33. The minimum absolute atomic E-state index is 0.0871. The standard InChI is InChI=1S/C14H16N4OS2/c1-4-14(2)5-8-9(6-19-14)21-12-10(8)11-17-15-7-18(11)13(16-12)20-3/h7H,4-6H2,1-3H3/t14-/m1/s1. The van der Waals surface area contributed by atoms with Crippen LogP contribution in [0.25, 0.3) is 15.9 Å². The average molecular weight is 320 g/mol. The first-order valence-electron chi connectivity index (χ1n) is 6.97. The van der Waals surface area contributed by atoms with Gasteiger partial charge in [-0.1, -0.05) is 18.7 Å². The van der Waals surface area contributed by atoms with Gasteiger partial charge >= 0.3 is 0 Å². The third-order valence-electron chi connectivity index (χ3n) is 4.28. The quantitative estimate of drug-likeness (QED) is 0.535. The number of rotatable bonds is 2. The maximum Gasteiger partial charge on any atom is 0.176 e. The molecule has 0 aromatic carbocycles. The van der Waals surface area contributed by atoms with Crippen molar-refractivity contribution in [2.75, 3.05) is 6.26 Å². The van der Waals surface area contributed by atoms with E-state index in [-0.39, 0.29) is 5.60 Å². The molecule has 110 valence electrons. The first kappa shape index (κ1) is 13.5. The molecular weight excluding hydrogens is 304 g/mol. The lowest BCUT2D eigenvalue weighted by molar-refractivity contribution is -0.0542. The third-order valence-corrected chi connectivity index (χ3v) is 6.03. The zero-order valence-electron chi connectivity index (χ0n) is 12.2. The van der Waals surface area contributed by atoms with Gasteiger partial charge in [0.1, 0.15) is 11.2 Å². The Morgan fingerprint density at radius 3 is 3.14 bits per heavy atom. The highest BCUT2D eigenvalue weighted by Gasteiger charge is 2.33. The molecular formula is C14H16N4OS2. The fourth-order valence-electron chi connectivity index (χ4n) is 2.83. The van der Waals surface area contributed by atoms with Crippen LogP contribution >= 0.6 is 23.1 Å². The van der Waals surface area contributed by atoms with Crippen LogP contribution in [0.3, 0.4) is 0 Å². The number of ether oxygens (including phenoxy) is 1. The molecule has 0 bridgehead atoms. The van der Waals surface area contributed by atoms with Crippen molar-refractivity contribution in [1.82, 2.24) is 19.6 Å². The van der Waals surface area contributed by atoms with Crippen molar-refractivity contribution < 1.29 is 4.74 Å². The zero-order valence-corrected chi connectivity index (χ0v) is 13.8. The molecule has 0 N–H and O–H groups in total. The Labute approximate surface area is 130 Å². The summed E-state index contributed by atoms with van der Waals surface area (Å²) in [6, 6.07) is 0. The van der Waals surface area contributed by atoms with Crippen LogP contribution in [0, 0.1) is 0 Å². The predicted molar refractivity (Wildman–Crippen MR) is 85.1 cm³/mol. The molecule has 0 aliphatic carbocycles. The normalized spacial score (nSPS) is 22.0. The van der Waals surface area contributed by atoms with Crippen LogP contribution < -0.4 is 0 Å². The number of fused-ring (bicyclic) bond motifs is 5. The molecule has 0 amide bonds. The van der Waals surface area contributed by atoms with Gasteiger partial charge in [0.05, 0.1) is 17.6 Å². The van der Waals surface area contributed by atoms with E-state index in [9.17, 15) is 0 Å². The molecule has 4 heterocycles. The van der Waals surface area contributed by atoms with Crippen LogP contribution in [-0.4, -0.2) is 31.4 Å². The number of hydrogen-bond acceptors (Lipinski definition) is 6. The van der Waals surface area contributed by atoms with E-state index >= 15 is 0 Å². The fraction of sp³-hybridized carbons (Fsp3) is 0.500. The Kier molecular flexibility index (Phi) is 2.99. The molecule has 1 aliphatic heterocycles. The van der Waals surface area contributed by atoms with E-state index in [0.717, 1.165) is 33.9 Å². The van der Waals surface area contributed by atoms with E-state index in [4.69, 9.17) is 9.72 Å². The summed E-state index contributed by atoms with van der Waals surface area (Å²) in [5.74, 6) is 0. The first-order chi connectivity index (χ1) is 10.1. The van der Waals surface area contributed by atoms with Crippen LogP contribution in [0.2, 0.25) is 0 Å². The van der Waals surface area contributed by atoms with Crippen LogP contribution in [0.5, 0.6) is 0 Å². The van der Waals surface area contributed by atoms with Crippen molar-refractivity contribution in [3.05, 3.63) is 16.8 Å². The van der Waals surface area contributed by atoms with Crippen molar-refractivity contribution in [3.63, 3.8) is 0 Å². The van der Waals surface area contributed by atoms with Gasteiger partial charge in [0.25, 0.3) is 0 Å². The summed E-state index contributed by atoms with van der Waals surface area (Å²) < 4.78 is 8.04. The SMILES string of the molecule is CC[C@]1(C)Cc2c(sc3nc(SC)n4cnnc4c23)CO1. The Bertz CT molecular complexity index is 840. The van der Waals surface area contributed by atoms with Gasteiger partial charge in [-0.25, -0.2) is 4.98 Å².